The Bertz CT molecular complexity index is 507. The van der Waals surface area contributed by atoms with E-state index >= 15 is 0 Å². The number of halogens is 3. The molecule has 0 aromatic carbocycles. The Morgan fingerprint density at radius 1 is 1.45 bits per heavy atom. The molecule has 1 saturated carbocycles. The van der Waals surface area contributed by atoms with Gasteiger partial charge < -0.3 is 10.4 Å². The molecular formula is C15H22F3N3O. The van der Waals surface area contributed by atoms with Crippen LogP contribution in [-0.2, 0) is 0 Å². The lowest BCUT2D eigenvalue weighted by molar-refractivity contribution is -0.199. The van der Waals surface area contributed by atoms with Crippen molar-refractivity contribution in [2.45, 2.75) is 57.2 Å². The number of hydrogen-bond acceptors (Lipinski definition) is 4. The number of aromatic nitrogens is 2. The molecule has 0 amide bonds. The summed E-state index contributed by atoms with van der Waals surface area (Å²) in [5, 5.41) is 13.4. The van der Waals surface area contributed by atoms with Crippen molar-refractivity contribution in [1.82, 2.24) is 9.97 Å². The summed E-state index contributed by atoms with van der Waals surface area (Å²) in [4.78, 5) is 8.43. The summed E-state index contributed by atoms with van der Waals surface area (Å²) in [7, 11) is 0. The normalized spacial score (nSPS) is 26.2. The summed E-state index contributed by atoms with van der Waals surface area (Å²) < 4.78 is 38.5. The minimum Gasteiger partial charge on any atom is -0.388 e. The third-order valence-corrected chi connectivity index (χ3v) is 4.07. The summed E-state index contributed by atoms with van der Waals surface area (Å²) in [5.41, 5.74) is -1.35. The zero-order valence-corrected chi connectivity index (χ0v) is 12.8. The van der Waals surface area contributed by atoms with Gasteiger partial charge in [0.05, 0.1) is 11.5 Å². The molecule has 22 heavy (non-hydrogen) atoms. The van der Waals surface area contributed by atoms with Crippen molar-refractivity contribution in [3.05, 3.63) is 18.1 Å². The lowest BCUT2D eigenvalue weighted by Gasteiger charge is -2.37. The summed E-state index contributed by atoms with van der Waals surface area (Å²) in [6, 6.07) is 1.65. The molecule has 1 aliphatic rings. The second-order valence-electron chi connectivity index (χ2n) is 6.37. The first-order chi connectivity index (χ1) is 10.2. The van der Waals surface area contributed by atoms with E-state index in [2.05, 4.69) is 15.3 Å². The molecule has 0 aliphatic heterocycles. The average Bonchev–Trinajstić information content (AvgIpc) is 2.45. The molecule has 1 fully saturated rings. The van der Waals surface area contributed by atoms with Crippen LogP contribution >= 0.6 is 0 Å². The van der Waals surface area contributed by atoms with Gasteiger partial charge in [-0.1, -0.05) is 13.8 Å². The van der Waals surface area contributed by atoms with E-state index < -0.39 is 17.7 Å². The van der Waals surface area contributed by atoms with Gasteiger partial charge in [-0.2, -0.15) is 13.2 Å². The van der Waals surface area contributed by atoms with Gasteiger partial charge in [0.25, 0.3) is 0 Å². The van der Waals surface area contributed by atoms with E-state index in [0.29, 0.717) is 24.5 Å². The fourth-order valence-corrected chi connectivity index (χ4v) is 2.79. The fourth-order valence-electron chi connectivity index (χ4n) is 2.79. The molecular weight excluding hydrogens is 295 g/mol. The quantitative estimate of drug-likeness (QED) is 0.892. The Labute approximate surface area is 128 Å². The van der Waals surface area contributed by atoms with Crippen LogP contribution in [0.1, 0.15) is 51.3 Å². The first-order valence-corrected chi connectivity index (χ1v) is 7.55. The second kappa shape index (κ2) is 6.40. The van der Waals surface area contributed by atoms with Crippen molar-refractivity contribution in [3.63, 3.8) is 0 Å². The molecule has 0 bridgehead atoms. The van der Waals surface area contributed by atoms with E-state index in [0.717, 1.165) is 0 Å². The number of alkyl halides is 3. The van der Waals surface area contributed by atoms with Gasteiger partial charge >= 0.3 is 6.18 Å². The number of aliphatic hydroxyl groups is 1. The van der Waals surface area contributed by atoms with Gasteiger partial charge in [-0.25, -0.2) is 9.97 Å². The van der Waals surface area contributed by atoms with E-state index in [1.807, 2.05) is 13.8 Å². The van der Waals surface area contributed by atoms with Crippen molar-refractivity contribution in [2.75, 3.05) is 11.9 Å². The van der Waals surface area contributed by atoms with Crippen molar-refractivity contribution in [3.8, 4) is 0 Å². The Morgan fingerprint density at radius 3 is 2.82 bits per heavy atom. The van der Waals surface area contributed by atoms with Crippen molar-refractivity contribution in [1.29, 1.82) is 0 Å². The smallest absolute Gasteiger partial charge is 0.388 e. The van der Waals surface area contributed by atoms with Crippen molar-refractivity contribution < 1.29 is 18.3 Å². The predicted octanol–water partition coefficient (Wildman–Crippen LogP) is 3.50. The molecule has 4 nitrogen and oxygen atoms in total. The van der Waals surface area contributed by atoms with Crippen LogP contribution in [0.15, 0.2) is 12.3 Å². The first-order valence-electron chi connectivity index (χ1n) is 7.55. The molecule has 124 valence electrons. The fraction of sp³-hybridized carbons (Fsp3) is 0.733. The lowest BCUT2D eigenvalue weighted by atomic mass is 9.77. The number of anilines is 1. The van der Waals surface area contributed by atoms with Crippen molar-refractivity contribution >= 4 is 5.82 Å². The van der Waals surface area contributed by atoms with Gasteiger partial charge in [0.15, 0.2) is 0 Å². The average molecular weight is 317 g/mol. The molecule has 2 rings (SSSR count). The molecule has 0 radical (unpaired) electrons. The van der Waals surface area contributed by atoms with Crippen LogP contribution in [0, 0.1) is 5.92 Å². The zero-order chi connectivity index (χ0) is 16.4. The number of nitrogens with zero attached hydrogens (tertiary/aromatic N) is 2. The largest absolute Gasteiger partial charge is 0.391 e. The highest BCUT2D eigenvalue weighted by atomic mass is 19.4. The molecule has 1 aromatic rings. The summed E-state index contributed by atoms with van der Waals surface area (Å²) in [5.74, 6) is -0.0751. The van der Waals surface area contributed by atoms with Gasteiger partial charge in [-0.05, 0) is 31.7 Å². The van der Waals surface area contributed by atoms with Crippen LogP contribution in [0.25, 0.3) is 0 Å². The maximum atomic E-state index is 12.8. The molecule has 7 heteroatoms. The Hall–Kier alpha value is -1.37. The molecule has 1 heterocycles. The van der Waals surface area contributed by atoms with Crippen LogP contribution in [0.3, 0.4) is 0 Å². The van der Waals surface area contributed by atoms with Gasteiger partial charge in [0.1, 0.15) is 11.6 Å². The third-order valence-electron chi connectivity index (χ3n) is 4.07. The minimum absolute atomic E-state index is 0.0636. The highest BCUT2D eigenvalue weighted by Crippen LogP contribution is 2.41. The molecule has 2 atom stereocenters. The summed E-state index contributed by atoms with van der Waals surface area (Å²) in [6.07, 6.45) is -2.05. The molecule has 0 spiro atoms. The minimum atomic E-state index is -4.24. The SMILES string of the molecule is CC(C)c1nccc(NCC2(O)CCCC(C(F)(F)F)C2)n1. The Balaban J connectivity index is 1.99. The molecule has 2 unspecified atom stereocenters. The van der Waals surface area contributed by atoms with Gasteiger partial charge in [0.2, 0.25) is 0 Å². The van der Waals surface area contributed by atoms with E-state index in [1.54, 1.807) is 12.3 Å². The van der Waals surface area contributed by atoms with E-state index in [1.165, 1.54) is 0 Å². The second-order valence-corrected chi connectivity index (χ2v) is 6.37. The maximum absolute atomic E-state index is 12.8. The molecule has 1 aromatic heterocycles. The van der Waals surface area contributed by atoms with Crippen LogP contribution in [0.2, 0.25) is 0 Å². The molecule has 1 aliphatic carbocycles. The third kappa shape index (κ3) is 4.32. The molecule has 2 N–H and O–H groups in total. The van der Waals surface area contributed by atoms with Crippen molar-refractivity contribution in [2.24, 2.45) is 5.92 Å². The molecule has 0 saturated heterocycles. The van der Waals surface area contributed by atoms with E-state index in [-0.39, 0.29) is 25.3 Å². The van der Waals surface area contributed by atoms with Crippen LogP contribution in [0.5, 0.6) is 0 Å². The monoisotopic (exact) mass is 317 g/mol. The zero-order valence-electron chi connectivity index (χ0n) is 12.8. The number of nitrogens with one attached hydrogen (secondary N) is 1. The van der Waals surface area contributed by atoms with Gasteiger partial charge in [-0.3, -0.25) is 0 Å². The highest BCUT2D eigenvalue weighted by molar-refractivity contribution is 5.34. The Kier molecular flexibility index (Phi) is 4.94. The Morgan fingerprint density at radius 2 is 2.18 bits per heavy atom. The number of hydrogen-bond donors (Lipinski definition) is 2. The van der Waals surface area contributed by atoms with Crippen LogP contribution in [0.4, 0.5) is 19.0 Å². The van der Waals surface area contributed by atoms with E-state index in [4.69, 9.17) is 0 Å². The van der Waals surface area contributed by atoms with Crippen LogP contribution < -0.4 is 5.32 Å². The van der Waals surface area contributed by atoms with Gasteiger partial charge in [0, 0.05) is 18.7 Å². The maximum Gasteiger partial charge on any atom is 0.391 e. The summed E-state index contributed by atoms with van der Waals surface area (Å²) in [6.45, 7) is 3.98. The predicted molar refractivity (Wildman–Crippen MR) is 77.6 cm³/mol. The van der Waals surface area contributed by atoms with Gasteiger partial charge in [-0.15, -0.1) is 0 Å². The lowest BCUT2D eigenvalue weighted by Crippen LogP contribution is -2.45. The first kappa shape index (κ1) is 17.0. The topological polar surface area (TPSA) is 58.0 Å². The standard InChI is InChI=1S/C15H22F3N3O/c1-10(2)13-19-7-5-12(21-13)20-9-14(22)6-3-4-11(8-14)15(16,17)18/h5,7,10-11,22H,3-4,6,8-9H2,1-2H3,(H,19,20,21). The van der Waals surface area contributed by atoms with Crippen LogP contribution in [-0.4, -0.2) is 33.4 Å². The van der Waals surface area contributed by atoms with E-state index in [9.17, 15) is 18.3 Å². The summed E-state index contributed by atoms with van der Waals surface area (Å²) >= 11 is 0. The highest BCUT2D eigenvalue weighted by Gasteiger charge is 2.46. The number of rotatable bonds is 4.